The number of pyridine rings is 1. The Bertz CT molecular complexity index is 784. The van der Waals surface area contributed by atoms with Crippen LogP contribution in [0.1, 0.15) is 17.5 Å². The van der Waals surface area contributed by atoms with Gasteiger partial charge in [0.2, 0.25) is 0 Å². The Morgan fingerprint density at radius 3 is 2.33 bits per heavy atom. The molecule has 3 saturated heterocycles. The summed E-state index contributed by atoms with van der Waals surface area (Å²) >= 11 is 0. The lowest BCUT2D eigenvalue weighted by Crippen LogP contribution is -2.67. The van der Waals surface area contributed by atoms with Crippen molar-refractivity contribution in [1.29, 1.82) is 0 Å². The molecule has 27 heavy (non-hydrogen) atoms. The van der Waals surface area contributed by atoms with Gasteiger partial charge in [0.25, 0.3) is 0 Å². The van der Waals surface area contributed by atoms with E-state index >= 15 is 0 Å². The molecule has 0 amide bonds. The van der Waals surface area contributed by atoms with E-state index in [0.29, 0.717) is 25.2 Å². The van der Waals surface area contributed by atoms with Crippen molar-refractivity contribution in [2.45, 2.75) is 38.0 Å². The van der Waals surface area contributed by atoms with Crippen LogP contribution in [0.25, 0.3) is 0 Å². The summed E-state index contributed by atoms with van der Waals surface area (Å²) in [5.74, 6) is -0.529. The molecule has 5 rings (SSSR count). The zero-order valence-electron chi connectivity index (χ0n) is 14.5. The minimum Gasteiger partial charge on any atom is -0.406 e. The average molecular weight is 381 g/mol. The Morgan fingerprint density at radius 1 is 1.00 bits per heavy atom. The number of hydrogen-bond donors (Lipinski definition) is 0. The van der Waals surface area contributed by atoms with Crippen LogP contribution in [0.15, 0.2) is 42.7 Å². The number of fused-ring (bicyclic) bond motifs is 2. The number of nitrogens with zero attached hydrogens (tertiary/aromatic N) is 3. The quantitative estimate of drug-likeness (QED) is 0.741. The molecule has 2 aromatic rings. The van der Waals surface area contributed by atoms with Gasteiger partial charge in [0, 0.05) is 44.5 Å². The number of hydrogen-bond acceptors (Lipinski definition) is 4. The maximum absolute atomic E-state index is 13.3. The number of piperazine rings is 1. The van der Waals surface area contributed by atoms with Crippen LogP contribution in [0, 0.1) is 5.82 Å². The second kappa shape index (κ2) is 7.09. The Morgan fingerprint density at radius 2 is 1.70 bits per heavy atom. The summed E-state index contributed by atoms with van der Waals surface area (Å²) < 4.78 is 53.9. The zero-order valence-corrected chi connectivity index (χ0v) is 14.5. The van der Waals surface area contributed by atoms with E-state index in [1.807, 2.05) is 0 Å². The van der Waals surface area contributed by atoms with Gasteiger partial charge in [0.1, 0.15) is 11.6 Å². The van der Waals surface area contributed by atoms with Gasteiger partial charge in [-0.3, -0.25) is 14.8 Å². The number of ether oxygens (including phenoxy) is 1. The summed E-state index contributed by atoms with van der Waals surface area (Å²) in [6.45, 7) is 3.16. The molecule has 2 bridgehead atoms. The second-order valence-corrected chi connectivity index (χ2v) is 7.11. The molecule has 2 unspecified atom stereocenters. The highest BCUT2D eigenvalue weighted by Gasteiger charge is 2.44. The number of aromatic nitrogens is 1. The number of benzene rings is 1. The lowest BCUT2D eigenvalue weighted by Gasteiger charge is -2.56. The SMILES string of the molecule is Fc1cncc(CN2CC3CC(C2)N3Cc2ccc(OC(F)(F)F)cc2)c1. The predicted octanol–water partition coefficient (Wildman–Crippen LogP) is 3.58. The van der Waals surface area contributed by atoms with Crippen LogP contribution in [0.5, 0.6) is 5.75 Å². The minimum absolute atomic E-state index is 0.204. The third-order valence-corrected chi connectivity index (χ3v) is 5.11. The van der Waals surface area contributed by atoms with Crippen LogP contribution in [0.3, 0.4) is 0 Å². The topological polar surface area (TPSA) is 28.6 Å². The van der Waals surface area contributed by atoms with Gasteiger partial charge in [-0.25, -0.2) is 4.39 Å². The number of halogens is 4. The maximum atomic E-state index is 13.3. The molecule has 0 N–H and O–H groups in total. The lowest BCUT2D eigenvalue weighted by atomic mass is 9.86. The van der Waals surface area contributed by atoms with Crippen LogP contribution in [0.2, 0.25) is 0 Å². The maximum Gasteiger partial charge on any atom is 0.573 e. The van der Waals surface area contributed by atoms with Crippen molar-refractivity contribution in [3.8, 4) is 5.75 Å². The molecule has 4 heterocycles. The van der Waals surface area contributed by atoms with Crippen molar-refractivity contribution in [1.82, 2.24) is 14.8 Å². The molecule has 3 fully saturated rings. The molecule has 0 aliphatic carbocycles. The Kier molecular flexibility index (Phi) is 4.77. The van der Waals surface area contributed by atoms with E-state index in [4.69, 9.17) is 0 Å². The molecule has 2 atom stereocenters. The van der Waals surface area contributed by atoms with Gasteiger partial charge >= 0.3 is 6.36 Å². The van der Waals surface area contributed by atoms with Gasteiger partial charge in [-0.05, 0) is 35.7 Å². The van der Waals surface area contributed by atoms with Crippen LogP contribution in [0.4, 0.5) is 17.6 Å². The molecule has 3 aliphatic rings. The summed E-state index contributed by atoms with van der Waals surface area (Å²) in [5, 5.41) is 0. The summed E-state index contributed by atoms with van der Waals surface area (Å²) in [7, 11) is 0. The Labute approximate surface area is 154 Å². The molecular formula is C19H19F4N3O. The van der Waals surface area contributed by atoms with Crippen molar-refractivity contribution in [2.24, 2.45) is 0 Å². The zero-order chi connectivity index (χ0) is 19.0. The Hall–Kier alpha value is -2.19. The molecule has 4 nitrogen and oxygen atoms in total. The lowest BCUT2D eigenvalue weighted by molar-refractivity contribution is -0.274. The van der Waals surface area contributed by atoms with E-state index in [1.54, 1.807) is 18.3 Å². The summed E-state index contributed by atoms with van der Waals surface area (Å²) in [6.07, 6.45) is -0.667. The van der Waals surface area contributed by atoms with Crippen LogP contribution in [-0.2, 0) is 13.1 Å². The van der Waals surface area contributed by atoms with Crippen LogP contribution >= 0.6 is 0 Å². The van der Waals surface area contributed by atoms with E-state index in [0.717, 1.165) is 30.6 Å². The third-order valence-electron chi connectivity index (χ3n) is 5.11. The van der Waals surface area contributed by atoms with Crippen molar-refractivity contribution >= 4 is 0 Å². The van der Waals surface area contributed by atoms with Gasteiger partial charge in [-0.15, -0.1) is 13.2 Å². The highest BCUT2D eigenvalue weighted by molar-refractivity contribution is 5.28. The molecule has 0 radical (unpaired) electrons. The van der Waals surface area contributed by atoms with Crippen molar-refractivity contribution in [2.75, 3.05) is 13.1 Å². The van der Waals surface area contributed by atoms with Crippen LogP contribution < -0.4 is 4.74 Å². The fourth-order valence-corrected chi connectivity index (χ4v) is 3.97. The first-order valence-electron chi connectivity index (χ1n) is 8.78. The summed E-state index contributed by atoms with van der Waals surface area (Å²) in [4.78, 5) is 8.56. The Balaban J connectivity index is 1.31. The fourth-order valence-electron chi connectivity index (χ4n) is 3.97. The monoisotopic (exact) mass is 381 g/mol. The molecule has 8 heteroatoms. The number of alkyl halides is 3. The highest BCUT2D eigenvalue weighted by atomic mass is 19.4. The second-order valence-electron chi connectivity index (χ2n) is 7.11. The van der Waals surface area contributed by atoms with Gasteiger partial charge in [-0.1, -0.05) is 12.1 Å². The standard InChI is InChI=1S/C19H19F4N3O/c20-15-5-14(7-24-8-15)9-25-11-16-6-17(12-25)26(16)10-13-1-3-18(4-2-13)27-19(21,22)23/h1-5,7-8,16-17H,6,9-12H2. The van der Waals surface area contributed by atoms with E-state index in [1.165, 1.54) is 24.4 Å². The predicted molar refractivity (Wildman–Crippen MR) is 90.3 cm³/mol. The van der Waals surface area contributed by atoms with Crippen molar-refractivity contribution in [3.63, 3.8) is 0 Å². The highest BCUT2D eigenvalue weighted by Crippen LogP contribution is 2.34. The third kappa shape index (κ3) is 4.39. The van der Waals surface area contributed by atoms with E-state index in [-0.39, 0.29) is 11.6 Å². The molecule has 3 aliphatic heterocycles. The van der Waals surface area contributed by atoms with E-state index in [9.17, 15) is 17.6 Å². The first kappa shape index (κ1) is 18.2. The number of rotatable bonds is 5. The van der Waals surface area contributed by atoms with E-state index in [2.05, 4.69) is 19.5 Å². The summed E-state index contributed by atoms with van der Waals surface area (Å²) in [5.41, 5.74) is 1.82. The largest absolute Gasteiger partial charge is 0.573 e. The average Bonchev–Trinajstić information content (AvgIpc) is 2.60. The normalized spacial score (nSPS) is 23.1. The molecule has 0 spiro atoms. The van der Waals surface area contributed by atoms with Crippen molar-refractivity contribution in [3.05, 3.63) is 59.7 Å². The van der Waals surface area contributed by atoms with Gasteiger partial charge in [0.15, 0.2) is 0 Å². The minimum atomic E-state index is -4.67. The first-order valence-corrected chi connectivity index (χ1v) is 8.78. The van der Waals surface area contributed by atoms with Crippen molar-refractivity contribution < 1.29 is 22.3 Å². The smallest absolute Gasteiger partial charge is 0.406 e. The van der Waals surface area contributed by atoms with Crippen LogP contribution in [-0.4, -0.2) is 46.3 Å². The molecule has 144 valence electrons. The van der Waals surface area contributed by atoms with E-state index < -0.39 is 6.36 Å². The summed E-state index contributed by atoms with van der Waals surface area (Å²) in [6, 6.07) is 8.38. The molecule has 1 aromatic carbocycles. The first-order chi connectivity index (χ1) is 12.9. The van der Waals surface area contributed by atoms with Gasteiger partial charge in [-0.2, -0.15) is 0 Å². The van der Waals surface area contributed by atoms with Gasteiger partial charge in [0.05, 0.1) is 6.20 Å². The number of piperidine rings is 1. The molecular weight excluding hydrogens is 362 g/mol. The molecule has 1 aromatic heterocycles. The fraction of sp³-hybridized carbons (Fsp3) is 0.421. The molecule has 0 saturated carbocycles. The van der Waals surface area contributed by atoms with Gasteiger partial charge < -0.3 is 4.74 Å².